The van der Waals surface area contributed by atoms with Gasteiger partial charge in [0.2, 0.25) is 0 Å². The van der Waals surface area contributed by atoms with Gasteiger partial charge in [0, 0.05) is 30.4 Å². The van der Waals surface area contributed by atoms with Gasteiger partial charge in [0.25, 0.3) is 0 Å². The van der Waals surface area contributed by atoms with E-state index in [0.29, 0.717) is 43.5 Å². The van der Waals surface area contributed by atoms with Crippen molar-refractivity contribution < 1.29 is 19.0 Å². The molecule has 3 aromatic rings. The van der Waals surface area contributed by atoms with Crippen molar-refractivity contribution in [2.45, 2.75) is 31.0 Å². The topological polar surface area (TPSA) is 109 Å². The maximum Gasteiger partial charge on any atom is 0.169 e. The normalized spacial score (nSPS) is 22.2. The monoisotopic (exact) mass is 506 g/mol. The van der Waals surface area contributed by atoms with E-state index in [-0.39, 0.29) is 23.8 Å². The van der Waals surface area contributed by atoms with Crippen molar-refractivity contribution in [1.29, 1.82) is 0 Å². The van der Waals surface area contributed by atoms with Gasteiger partial charge < -0.3 is 35.4 Å². The van der Waals surface area contributed by atoms with Crippen LogP contribution < -0.4 is 25.6 Å². The van der Waals surface area contributed by atoms with Crippen LogP contribution in [-0.2, 0) is 4.74 Å². The predicted octanol–water partition coefficient (Wildman–Crippen LogP) is 2.80. The number of hydrogen-bond donors (Lipinski definition) is 3. The number of piperidine rings is 1. The van der Waals surface area contributed by atoms with Crippen LogP contribution in [0.3, 0.4) is 0 Å². The summed E-state index contributed by atoms with van der Waals surface area (Å²) in [5.41, 5.74) is 8.74. The van der Waals surface area contributed by atoms with Crippen LogP contribution in [0.5, 0.6) is 11.5 Å². The van der Waals surface area contributed by atoms with E-state index in [0.717, 1.165) is 37.4 Å². The van der Waals surface area contributed by atoms with Crippen LogP contribution in [0.25, 0.3) is 11.3 Å². The Morgan fingerprint density at radius 1 is 1.03 bits per heavy atom. The molecule has 0 saturated carbocycles. The fourth-order valence-corrected chi connectivity index (χ4v) is 5.60. The van der Waals surface area contributed by atoms with Gasteiger partial charge in [0.05, 0.1) is 36.7 Å². The molecule has 0 unspecified atom stereocenters. The number of fused-ring (bicyclic) bond motifs is 2. The number of phenols is 1. The molecule has 3 aliphatic heterocycles. The number of nitrogens with one attached hydrogen (secondary N) is 1. The number of para-hydroxylation sites is 1. The summed E-state index contributed by atoms with van der Waals surface area (Å²) < 4.78 is 26.2. The number of hydrogen-bond acceptors (Lipinski definition) is 9. The van der Waals surface area contributed by atoms with E-state index in [9.17, 15) is 9.50 Å². The molecule has 6 rings (SSSR count). The third kappa shape index (κ3) is 4.74. The molecule has 0 spiro atoms. The molecule has 2 atom stereocenters. The van der Waals surface area contributed by atoms with Gasteiger partial charge in [-0.2, -0.15) is 0 Å². The summed E-state index contributed by atoms with van der Waals surface area (Å²) in [6.07, 6.45) is 2.27. The number of piperazine rings is 1. The molecule has 37 heavy (non-hydrogen) atoms. The number of phenolic OH excluding ortho intramolecular Hbond substituents is 1. The van der Waals surface area contributed by atoms with Crippen molar-refractivity contribution in [3.05, 3.63) is 54.3 Å². The number of benzene rings is 2. The summed E-state index contributed by atoms with van der Waals surface area (Å²) in [5.74, 6) is 0.0379. The van der Waals surface area contributed by atoms with Gasteiger partial charge in [-0.25, -0.2) is 4.39 Å². The highest BCUT2D eigenvalue weighted by molar-refractivity contribution is 5.74. The van der Waals surface area contributed by atoms with Crippen molar-refractivity contribution in [1.82, 2.24) is 15.5 Å². The van der Waals surface area contributed by atoms with Gasteiger partial charge in [0.1, 0.15) is 11.9 Å². The second-order valence-corrected chi connectivity index (χ2v) is 9.86. The number of aromatic nitrogens is 2. The van der Waals surface area contributed by atoms with Crippen molar-refractivity contribution in [2.75, 3.05) is 54.9 Å². The summed E-state index contributed by atoms with van der Waals surface area (Å²) in [5, 5.41) is 21.8. The summed E-state index contributed by atoms with van der Waals surface area (Å²) >= 11 is 0. The van der Waals surface area contributed by atoms with Gasteiger partial charge in [-0.3, -0.25) is 0 Å². The molecule has 3 aliphatic rings. The standard InChI is InChI=1S/C27H31FN6O3/c28-23-6-2-5-22(26(23)35)24-12-25(27(29)32-31-24)33-13-18-15-36-16-19(14-33)34(18)17-3-1-4-21(11-17)37-20-7-9-30-10-8-20/h1-6,11-12,18-20,30,35H,7-10,13-16H2,(H2,29,32)/t18-,19+. The molecule has 0 radical (unpaired) electrons. The van der Waals surface area contributed by atoms with Crippen molar-refractivity contribution in [3.63, 3.8) is 0 Å². The number of anilines is 3. The van der Waals surface area contributed by atoms with Gasteiger partial charge >= 0.3 is 0 Å². The van der Waals surface area contributed by atoms with E-state index in [1.54, 1.807) is 12.1 Å². The molecular formula is C27H31FN6O3. The molecule has 4 heterocycles. The zero-order chi connectivity index (χ0) is 25.4. The number of ether oxygens (including phenoxy) is 2. The van der Waals surface area contributed by atoms with Crippen LogP contribution in [0.15, 0.2) is 48.5 Å². The fraction of sp³-hybridized carbons (Fsp3) is 0.407. The van der Waals surface area contributed by atoms with Crippen LogP contribution in [0.1, 0.15) is 12.8 Å². The first-order chi connectivity index (χ1) is 18.1. The Bertz CT molecular complexity index is 1260. The van der Waals surface area contributed by atoms with E-state index < -0.39 is 11.6 Å². The lowest BCUT2D eigenvalue weighted by Crippen LogP contribution is -2.65. The second kappa shape index (κ2) is 10.0. The first kappa shape index (κ1) is 23.7. The minimum absolute atomic E-state index is 0.0974. The second-order valence-electron chi connectivity index (χ2n) is 9.86. The smallest absolute Gasteiger partial charge is 0.169 e. The van der Waals surface area contributed by atoms with Gasteiger partial charge in [-0.1, -0.05) is 12.1 Å². The van der Waals surface area contributed by atoms with Gasteiger partial charge in [-0.15, -0.1) is 10.2 Å². The highest BCUT2D eigenvalue weighted by atomic mass is 19.1. The number of halogens is 1. The van der Waals surface area contributed by atoms with Crippen LogP contribution in [0, 0.1) is 5.82 Å². The summed E-state index contributed by atoms with van der Waals surface area (Å²) in [4.78, 5) is 4.62. The molecule has 3 saturated heterocycles. The molecule has 3 fully saturated rings. The number of aromatic hydroxyl groups is 1. The molecule has 0 aliphatic carbocycles. The summed E-state index contributed by atoms with van der Waals surface area (Å²) in [6.45, 7) is 4.48. The number of morpholine rings is 1. The van der Waals surface area contributed by atoms with Crippen LogP contribution in [0.4, 0.5) is 21.6 Å². The Balaban J connectivity index is 1.24. The SMILES string of the molecule is Nc1nnc(-c2cccc(F)c2O)cc1N1C[C@H]2COC[C@@H](C1)N2c1cccc(OC2CCNCC2)c1. The summed E-state index contributed by atoms with van der Waals surface area (Å²) in [6, 6.07) is 14.7. The molecular weight excluding hydrogens is 475 g/mol. The zero-order valence-corrected chi connectivity index (χ0v) is 20.5. The first-order valence-corrected chi connectivity index (χ1v) is 12.8. The van der Waals surface area contributed by atoms with E-state index in [1.807, 2.05) is 6.07 Å². The Labute approximate surface area is 215 Å². The lowest BCUT2D eigenvalue weighted by molar-refractivity contribution is 0.0588. The quantitative estimate of drug-likeness (QED) is 0.481. The third-order valence-electron chi connectivity index (χ3n) is 7.38. The molecule has 10 heteroatoms. The van der Waals surface area contributed by atoms with Crippen molar-refractivity contribution in [3.8, 4) is 22.8 Å². The number of nitrogens with two attached hydrogens (primary N) is 1. The molecule has 2 bridgehead atoms. The lowest BCUT2D eigenvalue weighted by Gasteiger charge is -2.51. The van der Waals surface area contributed by atoms with Crippen molar-refractivity contribution in [2.24, 2.45) is 0 Å². The summed E-state index contributed by atoms with van der Waals surface area (Å²) in [7, 11) is 0. The molecule has 194 valence electrons. The zero-order valence-electron chi connectivity index (χ0n) is 20.5. The lowest BCUT2D eigenvalue weighted by atomic mass is 10.0. The van der Waals surface area contributed by atoms with Crippen molar-refractivity contribution >= 4 is 17.2 Å². The molecule has 9 nitrogen and oxygen atoms in total. The van der Waals surface area contributed by atoms with E-state index in [2.05, 4.69) is 43.5 Å². The highest BCUT2D eigenvalue weighted by Crippen LogP contribution is 2.37. The van der Waals surface area contributed by atoms with E-state index in [4.69, 9.17) is 15.2 Å². The van der Waals surface area contributed by atoms with Crippen LogP contribution >= 0.6 is 0 Å². The molecule has 2 aromatic carbocycles. The Hall–Kier alpha value is -3.63. The average molecular weight is 507 g/mol. The number of rotatable bonds is 5. The Kier molecular flexibility index (Phi) is 6.43. The fourth-order valence-electron chi connectivity index (χ4n) is 5.60. The molecule has 0 amide bonds. The first-order valence-electron chi connectivity index (χ1n) is 12.8. The van der Waals surface area contributed by atoms with Gasteiger partial charge in [0.15, 0.2) is 17.4 Å². The third-order valence-corrected chi connectivity index (χ3v) is 7.38. The Morgan fingerprint density at radius 3 is 2.57 bits per heavy atom. The van der Waals surface area contributed by atoms with E-state index >= 15 is 0 Å². The number of nitrogens with zero attached hydrogens (tertiary/aromatic N) is 4. The maximum atomic E-state index is 14.0. The number of nitrogen functional groups attached to an aromatic ring is 1. The van der Waals surface area contributed by atoms with E-state index in [1.165, 1.54) is 12.1 Å². The maximum absolute atomic E-state index is 14.0. The molecule has 1 aromatic heterocycles. The van der Waals surface area contributed by atoms with Gasteiger partial charge in [-0.05, 0) is 56.3 Å². The molecule has 4 N–H and O–H groups in total. The highest BCUT2D eigenvalue weighted by Gasteiger charge is 2.39. The Morgan fingerprint density at radius 2 is 1.78 bits per heavy atom. The minimum atomic E-state index is -0.704. The van der Waals surface area contributed by atoms with Crippen LogP contribution in [0.2, 0.25) is 0 Å². The minimum Gasteiger partial charge on any atom is -0.504 e. The predicted molar refractivity (Wildman–Crippen MR) is 140 cm³/mol. The average Bonchev–Trinajstić information content (AvgIpc) is 2.91. The largest absolute Gasteiger partial charge is 0.504 e. The van der Waals surface area contributed by atoms with Crippen LogP contribution in [-0.4, -0.2) is 72.9 Å².